The summed E-state index contributed by atoms with van der Waals surface area (Å²) in [6.45, 7) is 10.6. The molecule has 2 rings (SSSR count). The number of rotatable bonds is 8. The Morgan fingerprint density at radius 1 is 1.30 bits per heavy atom. The Hall–Kier alpha value is -1.35. The average molecular weight is 502 g/mol. The molecule has 0 atom stereocenters. The Morgan fingerprint density at radius 2 is 2.07 bits per heavy atom. The molecule has 0 fully saturated rings. The topological polar surface area (TPSA) is 58.5 Å². The van der Waals surface area contributed by atoms with Gasteiger partial charge in [-0.25, -0.2) is 4.98 Å². The van der Waals surface area contributed by atoms with Crippen LogP contribution in [0.25, 0.3) is 0 Å². The Kier molecular flexibility index (Phi) is 10.7. The quantitative estimate of drug-likeness (QED) is 0.317. The molecule has 0 amide bonds. The maximum absolute atomic E-state index is 5.74. The van der Waals surface area contributed by atoms with E-state index in [1.807, 2.05) is 6.92 Å². The van der Waals surface area contributed by atoms with Crippen LogP contribution in [0.2, 0.25) is 0 Å². The number of hydrogen-bond acceptors (Lipinski definition) is 4. The highest BCUT2D eigenvalue weighted by Crippen LogP contribution is 2.20. The van der Waals surface area contributed by atoms with E-state index in [0.717, 1.165) is 35.9 Å². The predicted molar refractivity (Wildman–Crippen MR) is 126 cm³/mol. The van der Waals surface area contributed by atoms with E-state index < -0.39 is 0 Å². The summed E-state index contributed by atoms with van der Waals surface area (Å²) in [6.07, 6.45) is 0.888. The van der Waals surface area contributed by atoms with E-state index in [0.29, 0.717) is 19.1 Å². The lowest BCUT2D eigenvalue weighted by Crippen LogP contribution is -2.38. The molecule has 0 saturated heterocycles. The zero-order valence-corrected chi connectivity index (χ0v) is 20.0. The molecule has 0 aliphatic heterocycles. The first-order valence-electron chi connectivity index (χ1n) is 9.14. The summed E-state index contributed by atoms with van der Waals surface area (Å²) in [6, 6.07) is 6.28. The van der Waals surface area contributed by atoms with Crippen molar-refractivity contribution in [2.24, 2.45) is 4.99 Å². The Balaban J connectivity index is 0.00000364. The smallest absolute Gasteiger partial charge is 0.191 e. The van der Waals surface area contributed by atoms with Crippen LogP contribution in [0.3, 0.4) is 0 Å². The van der Waals surface area contributed by atoms with Gasteiger partial charge in [0.05, 0.1) is 17.3 Å². The van der Waals surface area contributed by atoms with E-state index in [-0.39, 0.29) is 24.0 Å². The maximum atomic E-state index is 5.74. The van der Waals surface area contributed by atoms with Crippen molar-refractivity contribution in [1.29, 1.82) is 0 Å². The highest BCUT2D eigenvalue weighted by Gasteiger charge is 2.07. The number of halogens is 1. The SMILES string of the molecule is CCOc1cc(C)ccc1CNC(=NC)NCCc1csc(C(C)C)n1.I. The van der Waals surface area contributed by atoms with Gasteiger partial charge in [-0.1, -0.05) is 26.0 Å². The van der Waals surface area contributed by atoms with Crippen molar-refractivity contribution in [2.75, 3.05) is 20.2 Å². The molecule has 2 aromatic rings. The number of nitrogens with zero attached hydrogens (tertiary/aromatic N) is 2. The molecule has 0 aliphatic rings. The van der Waals surface area contributed by atoms with E-state index in [1.54, 1.807) is 18.4 Å². The molecule has 1 aromatic carbocycles. The summed E-state index contributed by atoms with van der Waals surface area (Å²) in [7, 11) is 1.79. The fourth-order valence-corrected chi connectivity index (χ4v) is 3.38. The summed E-state index contributed by atoms with van der Waals surface area (Å²) in [5.74, 6) is 2.21. The average Bonchev–Trinajstić information content (AvgIpc) is 3.09. The number of guanidine groups is 1. The second-order valence-electron chi connectivity index (χ2n) is 6.48. The normalized spacial score (nSPS) is 11.3. The first-order valence-corrected chi connectivity index (χ1v) is 10.0. The lowest BCUT2D eigenvalue weighted by atomic mass is 10.1. The first kappa shape index (κ1) is 23.7. The van der Waals surface area contributed by atoms with Gasteiger partial charge in [-0.05, 0) is 25.5 Å². The van der Waals surface area contributed by atoms with Gasteiger partial charge in [0.15, 0.2) is 5.96 Å². The summed E-state index contributed by atoms with van der Waals surface area (Å²) < 4.78 is 5.74. The van der Waals surface area contributed by atoms with Gasteiger partial charge in [0.25, 0.3) is 0 Å². The summed E-state index contributed by atoms with van der Waals surface area (Å²) in [5, 5.41) is 10.1. The summed E-state index contributed by atoms with van der Waals surface area (Å²) >= 11 is 1.74. The Morgan fingerprint density at radius 3 is 2.70 bits per heavy atom. The largest absolute Gasteiger partial charge is 0.494 e. The minimum Gasteiger partial charge on any atom is -0.494 e. The molecule has 0 aliphatic carbocycles. The monoisotopic (exact) mass is 502 g/mol. The number of benzene rings is 1. The number of aromatic nitrogens is 1. The molecular formula is C20H31IN4OS. The molecule has 1 heterocycles. The molecule has 0 saturated carbocycles. The number of hydrogen-bond donors (Lipinski definition) is 2. The molecule has 0 spiro atoms. The zero-order valence-electron chi connectivity index (χ0n) is 16.8. The fraction of sp³-hybridized carbons (Fsp3) is 0.500. The van der Waals surface area contributed by atoms with Crippen LogP contribution in [0.4, 0.5) is 0 Å². The van der Waals surface area contributed by atoms with E-state index in [2.05, 4.69) is 65.0 Å². The van der Waals surface area contributed by atoms with Crippen LogP contribution in [0.5, 0.6) is 5.75 Å². The van der Waals surface area contributed by atoms with Crippen LogP contribution < -0.4 is 15.4 Å². The van der Waals surface area contributed by atoms with Crippen molar-refractivity contribution >= 4 is 41.3 Å². The van der Waals surface area contributed by atoms with Gasteiger partial charge < -0.3 is 15.4 Å². The Bertz CT molecular complexity index is 731. The number of thiazole rings is 1. The molecule has 0 bridgehead atoms. The third-order valence-corrected chi connectivity index (χ3v) is 5.12. The molecule has 7 heteroatoms. The van der Waals surface area contributed by atoms with Crippen molar-refractivity contribution < 1.29 is 4.74 Å². The lowest BCUT2D eigenvalue weighted by Gasteiger charge is -2.14. The van der Waals surface area contributed by atoms with Crippen LogP contribution in [0.15, 0.2) is 28.6 Å². The van der Waals surface area contributed by atoms with Crippen molar-refractivity contribution in [1.82, 2.24) is 15.6 Å². The van der Waals surface area contributed by atoms with Crippen molar-refractivity contribution in [3.8, 4) is 5.75 Å². The molecule has 5 nitrogen and oxygen atoms in total. The van der Waals surface area contributed by atoms with Gasteiger partial charge in [0.2, 0.25) is 0 Å². The van der Waals surface area contributed by atoms with Crippen LogP contribution in [0.1, 0.15) is 48.5 Å². The molecule has 0 radical (unpaired) electrons. The molecule has 27 heavy (non-hydrogen) atoms. The second kappa shape index (κ2) is 12.2. The van der Waals surface area contributed by atoms with Gasteiger partial charge in [0.1, 0.15) is 5.75 Å². The van der Waals surface area contributed by atoms with E-state index in [9.17, 15) is 0 Å². The maximum Gasteiger partial charge on any atom is 0.191 e. The van der Waals surface area contributed by atoms with Gasteiger partial charge >= 0.3 is 0 Å². The number of ether oxygens (including phenoxy) is 1. The molecule has 1 aromatic heterocycles. The number of aliphatic imine (C=N–C) groups is 1. The van der Waals surface area contributed by atoms with Gasteiger partial charge in [-0.3, -0.25) is 4.99 Å². The van der Waals surface area contributed by atoms with Crippen molar-refractivity contribution in [3.63, 3.8) is 0 Å². The van der Waals surface area contributed by atoms with Crippen LogP contribution in [-0.4, -0.2) is 31.1 Å². The summed E-state index contributed by atoms with van der Waals surface area (Å²) in [5.41, 5.74) is 3.46. The number of aryl methyl sites for hydroxylation is 1. The van der Waals surface area contributed by atoms with Gasteiger partial charge in [0, 0.05) is 43.4 Å². The third kappa shape index (κ3) is 7.65. The molecule has 0 unspecified atom stereocenters. The van der Waals surface area contributed by atoms with Crippen molar-refractivity contribution in [2.45, 2.75) is 46.6 Å². The van der Waals surface area contributed by atoms with Gasteiger partial charge in [-0.15, -0.1) is 35.3 Å². The standard InChI is InChI=1S/C20H30N4OS.HI/c1-6-25-18-11-15(4)7-8-16(18)12-23-20(21-5)22-10-9-17-13-26-19(24-17)14(2)3;/h7-8,11,13-14H,6,9-10,12H2,1-5H3,(H2,21,22,23);1H. The van der Waals surface area contributed by atoms with E-state index >= 15 is 0 Å². The zero-order chi connectivity index (χ0) is 18.9. The van der Waals surface area contributed by atoms with Crippen LogP contribution >= 0.6 is 35.3 Å². The first-order chi connectivity index (χ1) is 12.5. The predicted octanol–water partition coefficient (Wildman–Crippen LogP) is 4.50. The fourth-order valence-electron chi connectivity index (χ4n) is 2.51. The number of nitrogens with one attached hydrogen (secondary N) is 2. The molecule has 2 N–H and O–H groups in total. The lowest BCUT2D eigenvalue weighted by molar-refractivity contribution is 0.336. The highest BCUT2D eigenvalue weighted by molar-refractivity contribution is 14.0. The van der Waals surface area contributed by atoms with Gasteiger partial charge in [-0.2, -0.15) is 0 Å². The second-order valence-corrected chi connectivity index (χ2v) is 7.37. The molecular weight excluding hydrogens is 471 g/mol. The Labute approximate surface area is 184 Å². The van der Waals surface area contributed by atoms with Crippen LogP contribution in [0, 0.1) is 6.92 Å². The highest BCUT2D eigenvalue weighted by atomic mass is 127. The van der Waals surface area contributed by atoms with Crippen molar-refractivity contribution in [3.05, 3.63) is 45.4 Å². The molecule has 150 valence electrons. The van der Waals surface area contributed by atoms with E-state index in [1.165, 1.54) is 10.6 Å². The minimum absolute atomic E-state index is 0. The minimum atomic E-state index is 0. The van der Waals surface area contributed by atoms with Crippen LogP contribution in [-0.2, 0) is 13.0 Å². The summed E-state index contributed by atoms with van der Waals surface area (Å²) in [4.78, 5) is 8.96. The van der Waals surface area contributed by atoms with E-state index in [4.69, 9.17) is 4.74 Å². The third-order valence-electron chi connectivity index (χ3n) is 3.93.